The minimum atomic E-state index is -0.450. The van der Waals surface area contributed by atoms with E-state index < -0.39 is 6.10 Å². The zero-order chi connectivity index (χ0) is 14.5. The largest absolute Gasteiger partial charge is 0.497 e. The summed E-state index contributed by atoms with van der Waals surface area (Å²) >= 11 is 3.38. The van der Waals surface area contributed by atoms with Crippen molar-refractivity contribution >= 4 is 27.6 Å². The van der Waals surface area contributed by atoms with E-state index in [1.807, 2.05) is 0 Å². The topological polar surface area (TPSA) is 70.6 Å². The molecular formula is C14H19BrN2O3. The van der Waals surface area contributed by atoms with Crippen LogP contribution in [0.1, 0.15) is 25.7 Å². The van der Waals surface area contributed by atoms with E-state index in [-0.39, 0.29) is 12.1 Å². The second kappa shape index (κ2) is 6.95. The molecule has 1 aromatic rings. The molecule has 0 spiro atoms. The molecule has 1 saturated carbocycles. The molecule has 20 heavy (non-hydrogen) atoms. The minimum Gasteiger partial charge on any atom is -0.497 e. The zero-order valence-electron chi connectivity index (χ0n) is 11.4. The number of nitrogens with one attached hydrogen (secondary N) is 2. The van der Waals surface area contributed by atoms with Gasteiger partial charge < -0.3 is 20.5 Å². The fourth-order valence-electron chi connectivity index (χ4n) is 2.33. The fourth-order valence-corrected chi connectivity index (χ4v) is 2.79. The number of carbonyl (C=O) groups excluding carboxylic acids is 1. The van der Waals surface area contributed by atoms with Crippen molar-refractivity contribution in [1.82, 2.24) is 5.32 Å². The van der Waals surface area contributed by atoms with Crippen LogP contribution < -0.4 is 15.4 Å². The Morgan fingerprint density at radius 2 is 2.15 bits per heavy atom. The summed E-state index contributed by atoms with van der Waals surface area (Å²) in [6.07, 6.45) is 3.17. The Hall–Kier alpha value is -1.27. The summed E-state index contributed by atoms with van der Waals surface area (Å²) in [5.74, 6) is 0.713. The number of hydrogen-bond donors (Lipinski definition) is 3. The lowest BCUT2D eigenvalue weighted by Gasteiger charge is -2.28. The lowest BCUT2D eigenvalue weighted by Crippen LogP contribution is -2.46. The molecule has 0 heterocycles. The predicted molar refractivity (Wildman–Crippen MR) is 81.1 cm³/mol. The number of benzene rings is 1. The number of halogens is 1. The van der Waals surface area contributed by atoms with Gasteiger partial charge in [0, 0.05) is 4.47 Å². The Labute approximate surface area is 126 Å². The van der Waals surface area contributed by atoms with Crippen molar-refractivity contribution in [3.8, 4) is 5.75 Å². The lowest BCUT2D eigenvalue weighted by atomic mass is 9.93. The Balaban J connectivity index is 1.94. The quantitative estimate of drug-likeness (QED) is 0.790. The normalized spacial score (nSPS) is 22.1. The zero-order valence-corrected chi connectivity index (χ0v) is 12.9. The van der Waals surface area contributed by atoms with E-state index in [9.17, 15) is 9.90 Å². The minimum absolute atomic E-state index is 0.166. The van der Waals surface area contributed by atoms with Crippen LogP contribution in [0.5, 0.6) is 5.75 Å². The number of hydrogen-bond acceptors (Lipinski definition) is 3. The van der Waals surface area contributed by atoms with Gasteiger partial charge in [-0.1, -0.05) is 12.8 Å². The third kappa shape index (κ3) is 3.86. The van der Waals surface area contributed by atoms with Crippen LogP contribution >= 0.6 is 15.9 Å². The Bertz CT molecular complexity index is 481. The van der Waals surface area contributed by atoms with E-state index in [0.29, 0.717) is 11.4 Å². The van der Waals surface area contributed by atoms with Gasteiger partial charge in [-0.25, -0.2) is 4.79 Å². The van der Waals surface area contributed by atoms with Crippen molar-refractivity contribution in [2.45, 2.75) is 37.8 Å². The molecule has 3 N–H and O–H groups in total. The number of carbonyl (C=O) groups is 1. The van der Waals surface area contributed by atoms with Crippen molar-refractivity contribution in [3.63, 3.8) is 0 Å². The molecule has 2 atom stereocenters. The van der Waals surface area contributed by atoms with Crippen molar-refractivity contribution in [1.29, 1.82) is 0 Å². The Morgan fingerprint density at radius 1 is 1.40 bits per heavy atom. The number of rotatable bonds is 3. The molecule has 0 unspecified atom stereocenters. The molecule has 6 heteroatoms. The van der Waals surface area contributed by atoms with Gasteiger partial charge in [-0.05, 0) is 47.0 Å². The molecule has 1 aromatic carbocycles. The smallest absolute Gasteiger partial charge is 0.319 e. The number of anilines is 1. The number of urea groups is 1. The van der Waals surface area contributed by atoms with E-state index in [2.05, 4.69) is 26.6 Å². The summed E-state index contributed by atoms with van der Waals surface area (Å²) in [4.78, 5) is 11.9. The lowest BCUT2D eigenvalue weighted by molar-refractivity contribution is 0.0955. The molecule has 110 valence electrons. The third-order valence-electron chi connectivity index (χ3n) is 3.47. The molecule has 1 fully saturated rings. The first-order chi connectivity index (χ1) is 9.60. The van der Waals surface area contributed by atoms with Crippen LogP contribution in [0.3, 0.4) is 0 Å². The molecule has 2 rings (SSSR count). The van der Waals surface area contributed by atoms with E-state index in [4.69, 9.17) is 4.74 Å². The van der Waals surface area contributed by atoms with Crippen molar-refractivity contribution in [3.05, 3.63) is 22.7 Å². The monoisotopic (exact) mass is 342 g/mol. The number of methoxy groups -OCH3 is 1. The van der Waals surface area contributed by atoms with Gasteiger partial charge in [-0.15, -0.1) is 0 Å². The Kier molecular flexibility index (Phi) is 5.25. The maximum Gasteiger partial charge on any atom is 0.319 e. The van der Waals surface area contributed by atoms with Gasteiger partial charge in [0.15, 0.2) is 0 Å². The molecule has 0 saturated heterocycles. The van der Waals surface area contributed by atoms with Gasteiger partial charge >= 0.3 is 6.03 Å². The highest BCUT2D eigenvalue weighted by molar-refractivity contribution is 9.10. The van der Waals surface area contributed by atoms with Gasteiger partial charge in [0.25, 0.3) is 0 Å². The number of amides is 2. The highest BCUT2D eigenvalue weighted by atomic mass is 79.9. The molecule has 0 radical (unpaired) electrons. The van der Waals surface area contributed by atoms with Crippen LogP contribution in [-0.2, 0) is 0 Å². The molecular weight excluding hydrogens is 324 g/mol. The predicted octanol–water partition coefficient (Wildman–Crippen LogP) is 2.88. The van der Waals surface area contributed by atoms with Crippen LogP contribution in [0.2, 0.25) is 0 Å². The number of aliphatic hydroxyl groups excluding tert-OH is 1. The average Bonchev–Trinajstić information content (AvgIpc) is 2.43. The molecule has 1 aliphatic rings. The van der Waals surface area contributed by atoms with E-state index in [1.54, 1.807) is 25.3 Å². The summed E-state index contributed by atoms with van der Waals surface area (Å²) in [6.45, 7) is 0. The third-order valence-corrected chi connectivity index (χ3v) is 4.13. The standard InChI is InChI=1S/C14H19BrN2O3/c1-20-9-6-7-11(10(15)8-9)16-14(19)17-12-4-2-3-5-13(12)18/h6-8,12-13,18H,2-5H2,1H3,(H2,16,17,19)/t12-,13-/m1/s1. The van der Waals surface area contributed by atoms with Crippen LogP contribution in [0.25, 0.3) is 0 Å². The van der Waals surface area contributed by atoms with Crippen molar-refractivity contribution in [2.24, 2.45) is 0 Å². The second-order valence-corrected chi connectivity index (χ2v) is 5.76. The first-order valence-electron chi connectivity index (χ1n) is 6.69. The van der Waals surface area contributed by atoms with Gasteiger partial charge in [0.2, 0.25) is 0 Å². The van der Waals surface area contributed by atoms with Crippen LogP contribution in [0.15, 0.2) is 22.7 Å². The summed E-state index contributed by atoms with van der Waals surface area (Å²) in [7, 11) is 1.59. The SMILES string of the molecule is COc1ccc(NC(=O)N[C@@H]2CCCC[C@H]2O)c(Br)c1. The summed E-state index contributed by atoms with van der Waals surface area (Å²) < 4.78 is 5.85. The van der Waals surface area contributed by atoms with Gasteiger partial charge in [0.05, 0.1) is 24.9 Å². The summed E-state index contributed by atoms with van der Waals surface area (Å²) in [6, 6.07) is 4.85. The first-order valence-corrected chi connectivity index (χ1v) is 7.48. The van der Waals surface area contributed by atoms with Gasteiger partial charge in [-0.2, -0.15) is 0 Å². The van der Waals surface area contributed by atoms with Crippen LogP contribution in [0, 0.1) is 0 Å². The number of aliphatic hydroxyl groups is 1. The molecule has 0 aliphatic heterocycles. The highest BCUT2D eigenvalue weighted by Gasteiger charge is 2.24. The van der Waals surface area contributed by atoms with Crippen LogP contribution in [-0.4, -0.2) is 30.4 Å². The molecule has 0 bridgehead atoms. The molecule has 1 aliphatic carbocycles. The summed E-state index contributed by atoms with van der Waals surface area (Å²) in [5.41, 5.74) is 0.661. The van der Waals surface area contributed by atoms with E-state index >= 15 is 0 Å². The maximum absolute atomic E-state index is 11.9. The first kappa shape index (κ1) is 15.1. The average molecular weight is 343 g/mol. The highest BCUT2D eigenvalue weighted by Crippen LogP contribution is 2.27. The molecule has 2 amide bonds. The van der Waals surface area contributed by atoms with Gasteiger partial charge in [-0.3, -0.25) is 0 Å². The summed E-state index contributed by atoms with van der Waals surface area (Å²) in [5, 5.41) is 15.4. The molecule has 5 nitrogen and oxygen atoms in total. The van der Waals surface area contributed by atoms with Crippen LogP contribution in [0.4, 0.5) is 10.5 Å². The van der Waals surface area contributed by atoms with Gasteiger partial charge in [0.1, 0.15) is 5.75 Å². The molecule has 0 aromatic heterocycles. The Morgan fingerprint density at radius 3 is 2.80 bits per heavy atom. The second-order valence-electron chi connectivity index (χ2n) is 4.90. The number of ether oxygens (including phenoxy) is 1. The van der Waals surface area contributed by atoms with E-state index in [0.717, 1.165) is 30.2 Å². The van der Waals surface area contributed by atoms with Crippen molar-refractivity contribution < 1.29 is 14.6 Å². The van der Waals surface area contributed by atoms with E-state index in [1.165, 1.54) is 0 Å². The maximum atomic E-state index is 11.9. The van der Waals surface area contributed by atoms with Crippen molar-refractivity contribution in [2.75, 3.05) is 12.4 Å². The fraction of sp³-hybridized carbons (Fsp3) is 0.500.